The summed E-state index contributed by atoms with van der Waals surface area (Å²) in [5.74, 6) is -1.19. The Kier molecular flexibility index (Phi) is 3.74. The number of rotatable bonds is 4. The second-order valence-corrected chi connectivity index (χ2v) is 3.56. The quantitative estimate of drug-likeness (QED) is 0.482. The first-order valence-corrected chi connectivity index (χ1v) is 5.39. The fraction of sp³-hybridized carbons (Fsp3) is 0. The van der Waals surface area contributed by atoms with Crippen LogP contribution in [-0.2, 0) is 0 Å². The van der Waals surface area contributed by atoms with Gasteiger partial charge >= 0.3 is 5.97 Å². The summed E-state index contributed by atoms with van der Waals surface area (Å²) in [6.07, 6.45) is 1.25. The second-order valence-electron chi connectivity index (χ2n) is 3.37. The molecule has 0 atom stereocenters. The molecule has 2 aromatic heterocycles. The van der Waals surface area contributed by atoms with Gasteiger partial charge in [0.15, 0.2) is 0 Å². The number of hydrazine groups is 1. The van der Waals surface area contributed by atoms with Crippen molar-refractivity contribution in [3.8, 4) is 11.8 Å². The van der Waals surface area contributed by atoms with Gasteiger partial charge in [-0.25, -0.2) is 9.78 Å². The number of carbonyl (C=O) groups is 1. The minimum atomic E-state index is -0.792. The Hall–Kier alpha value is -2.45. The molecule has 0 aliphatic rings. The summed E-state index contributed by atoms with van der Waals surface area (Å²) in [6, 6.07) is 5.28. The molecule has 0 unspecified atom stereocenters. The lowest BCUT2D eigenvalue weighted by atomic mass is 10.3. The molecule has 0 aliphatic carbocycles. The molecule has 8 nitrogen and oxygen atoms in total. The van der Waals surface area contributed by atoms with Crippen molar-refractivity contribution in [2.24, 2.45) is 0 Å². The van der Waals surface area contributed by atoms with Crippen LogP contribution in [0, 0.1) is 0 Å². The molecule has 100 valence electrons. The van der Waals surface area contributed by atoms with E-state index in [1.54, 1.807) is 0 Å². The van der Waals surface area contributed by atoms with Crippen molar-refractivity contribution in [1.29, 1.82) is 0 Å². The highest BCUT2D eigenvalue weighted by Gasteiger charge is 2.14. The molecule has 2 heterocycles. The first-order chi connectivity index (χ1) is 9.11. The maximum atomic E-state index is 11.7. The highest BCUT2D eigenvalue weighted by Crippen LogP contribution is 2.19. The zero-order chi connectivity index (χ0) is 13.8. The summed E-state index contributed by atoms with van der Waals surface area (Å²) in [5.41, 5.74) is 2.64. The van der Waals surface area contributed by atoms with Gasteiger partial charge in [0.25, 0.3) is 0 Å². The van der Waals surface area contributed by atoms with E-state index in [9.17, 15) is 15.0 Å². The van der Waals surface area contributed by atoms with Crippen LogP contribution in [0.2, 0.25) is 0 Å². The maximum Gasteiger partial charge on any atom is 0.365 e. The third-order valence-corrected chi connectivity index (χ3v) is 2.24. The van der Waals surface area contributed by atoms with Gasteiger partial charge in [0.05, 0.1) is 5.56 Å². The summed E-state index contributed by atoms with van der Waals surface area (Å²) in [5, 5.41) is 18.6. The minimum Gasteiger partial charge on any atom is -0.492 e. The van der Waals surface area contributed by atoms with E-state index in [-0.39, 0.29) is 5.56 Å². The number of aromatic hydroxyl groups is 2. The van der Waals surface area contributed by atoms with Crippen molar-refractivity contribution in [2.45, 2.75) is 0 Å². The summed E-state index contributed by atoms with van der Waals surface area (Å²) < 4.78 is 0.592. The van der Waals surface area contributed by atoms with E-state index in [0.29, 0.717) is 10.5 Å². The van der Waals surface area contributed by atoms with E-state index in [2.05, 4.69) is 15.4 Å². The lowest BCUT2D eigenvalue weighted by molar-refractivity contribution is 0.0381. The lowest BCUT2D eigenvalue weighted by Crippen LogP contribution is -2.19. The van der Waals surface area contributed by atoms with Gasteiger partial charge in [-0.3, -0.25) is 5.43 Å². The number of halogens is 1. The molecule has 0 bridgehead atoms. The number of carbonyl (C=O) groups excluding carboxylic acids is 1. The SMILES string of the molecule is O=C(On1c(O)ccc1O)c1ccc(NNCl)nc1. The first-order valence-electron chi connectivity index (χ1n) is 5.02. The van der Waals surface area contributed by atoms with E-state index in [1.165, 1.54) is 30.5 Å². The van der Waals surface area contributed by atoms with E-state index in [1.807, 2.05) is 0 Å². The highest BCUT2D eigenvalue weighted by atomic mass is 35.5. The number of hydrogen-bond acceptors (Lipinski definition) is 7. The van der Waals surface area contributed by atoms with Crippen molar-refractivity contribution in [2.75, 3.05) is 5.43 Å². The number of nitrogens with one attached hydrogen (secondary N) is 2. The molecule has 9 heteroatoms. The van der Waals surface area contributed by atoms with E-state index >= 15 is 0 Å². The van der Waals surface area contributed by atoms with Crippen molar-refractivity contribution in [3.05, 3.63) is 36.0 Å². The molecule has 0 saturated carbocycles. The Labute approximate surface area is 112 Å². The Bertz CT molecular complexity index is 564. The largest absolute Gasteiger partial charge is 0.492 e. The zero-order valence-corrected chi connectivity index (χ0v) is 10.1. The average molecular weight is 285 g/mol. The topological polar surface area (TPSA) is 109 Å². The van der Waals surface area contributed by atoms with Crippen LogP contribution < -0.4 is 15.2 Å². The molecule has 0 amide bonds. The van der Waals surface area contributed by atoms with Crippen LogP contribution in [0.1, 0.15) is 10.4 Å². The van der Waals surface area contributed by atoms with Gasteiger partial charge in [0, 0.05) is 18.3 Å². The van der Waals surface area contributed by atoms with Crippen LogP contribution >= 0.6 is 11.8 Å². The van der Waals surface area contributed by atoms with Gasteiger partial charge in [-0.2, -0.15) is 0 Å². The molecular weight excluding hydrogens is 276 g/mol. The third-order valence-electron chi connectivity index (χ3n) is 2.15. The predicted octanol–water partition coefficient (Wildman–Crippen LogP) is 0.634. The van der Waals surface area contributed by atoms with Crippen LogP contribution in [0.15, 0.2) is 30.5 Å². The Morgan fingerprint density at radius 3 is 2.47 bits per heavy atom. The standard InChI is InChI=1S/C10H9ClN4O4/c11-14-13-7-2-1-6(5-12-7)10(18)19-15-8(16)3-4-9(15)17/h1-5,14,16-17H,(H,12,13). The lowest BCUT2D eigenvalue weighted by Gasteiger charge is -2.07. The van der Waals surface area contributed by atoms with Gasteiger partial charge in [-0.1, -0.05) is 0 Å². The molecule has 2 aromatic rings. The Morgan fingerprint density at radius 2 is 1.95 bits per heavy atom. The van der Waals surface area contributed by atoms with Crippen molar-refractivity contribution < 1.29 is 19.8 Å². The molecule has 0 fully saturated rings. The number of aromatic nitrogens is 2. The fourth-order valence-corrected chi connectivity index (χ4v) is 1.36. The normalized spacial score (nSPS) is 10.2. The zero-order valence-electron chi connectivity index (χ0n) is 9.37. The number of pyridine rings is 1. The fourth-order valence-electron chi connectivity index (χ4n) is 1.27. The van der Waals surface area contributed by atoms with Gasteiger partial charge in [-0.15, -0.1) is 9.68 Å². The van der Waals surface area contributed by atoms with Crippen molar-refractivity contribution in [1.82, 2.24) is 14.7 Å². The van der Waals surface area contributed by atoms with E-state index in [0.717, 1.165) is 0 Å². The molecule has 4 N–H and O–H groups in total. The maximum absolute atomic E-state index is 11.7. The van der Waals surface area contributed by atoms with Crippen molar-refractivity contribution >= 4 is 23.6 Å². The number of nitrogens with zero attached hydrogens (tertiary/aromatic N) is 2. The molecule has 0 aromatic carbocycles. The Morgan fingerprint density at radius 1 is 1.26 bits per heavy atom. The molecular formula is C10H9ClN4O4. The van der Waals surface area contributed by atoms with E-state index < -0.39 is 17.7 Å². The molecule has 0 saturated heterocycles. The molecule has 0 radical (unpaired) electrons. The summed E-state index contributed by atoms with van der Waals surface area (Å²) in [4.78, 5) is 22.5. The van der Waals surface area contributed by atoms with Gasteiger partial charge in [0.1, 0.15) is 5.82 Å². The summed E-state index contributed by atoms with van der Waals surface area (Å²) in [6.45, 7) is 0. The molecule has 2 rings (SSSR count). The summed E-state index contributed by atoms with van der Waals surface area (Å²) in [7, 11) is 0. The highest BCUT2D eigenvalue weighted by molar-refractivity contribution is 6.13. The Balaban J connectivity index is 2.12. The molecule has 19 heavy (non-hydrogen) atoms. The minimum absolute atomic E-state index is 0.132. The molecule has 0 aliphatic heterocycles. The third kappa shape index (κ3) is 2.87. The second kappa shape index (κ2) is 5.46. The van der Waals surface area contributed by atoms with Crippen LogP contribution in [0.25, 0.3) is 0 Å². The van der Waals surface area contributed by atoms with Gasteiger partial charge in [-0.05, 0) is 23.9 Å². The van der Waals surface area contributed by atoms with Gasteiger partial charge < -0.3 is 15.1 Å². The number of hydrogen-bond donors (Lipinski definition) is 4. The van der Waals surface area contributed by atoms with Crippen LogP contribution in [-0.4, -0.2) is 25.9 Å². The van der Waals surface area contributed by atoms with Crippen LogP contribution in [0.5, 0.6) is 11.8 Å². The predicted molar refractivity (Wildman–Crippen MR) is 65.5 cm³/mol. The smallest absolute Gasteiger partial charge is 0.365 e. The van der Waals surface area contributed by atoms with E-state index in [4.69, 9.17) is 16.6 Å². The monoisotopic (exact) mass is 284 g/mol. The van der Waals surface area contributed by atoms with Crippen molar-refractivity contribution in [3.63, 3.8) is 0 Å². The average Bonchev–Trinajstić information content (AvgIpc) is 2.72. The van der Waals surface area contributed by atoms with Gasteiger partial charge in [0.2, 0.25) is 11.8 Å². The van der Waals surface area contributed by atoms with Crippen LogP contribution in [0.3, 0.4) is 0 Å². The number of anilines is 1. The molecule has 0 spiro atoms. The summed E-state index contributed by atoms with van der Waals surface area (Å²) >= 11 is 5.22. The first kappa shape index (κ1) is 13.0. The van der Waals surface area contributed by atoms with Crippen LogP contribution in [0.4, 0.5) is 5.82 Å².